The summed E-state index contributed by atoms with van der Waals surface area (Å²) in [7, 11) is 1.58. The van der Waals surface area contributed by atoms with Crippen LogP contribution in [-0.4, -0.2) is 30.5 Å². The van der Waals surface area contributed by atoms with Crippen molar-refractivity contribution in [2.45, 2.75) is 20.3 Å². The second kappa shape index (κ2) is 8.79. The molecule has 0 unspecified atom stereocenters. The number of nitrogens with one attached hydrogen (secondary N) is 2. The highest BCUT2D eigenvalue weighted by molar-refractivity contribution is 5.99. The number of aryl methyl sites for hydroxylation is 2. The number of amides is 1. The van der Waals surface area contributed by atoms with Crippen LogP contribution in [0.25, 0.3) is 0 Å². The van der Waals surface area contributed by atoms with Crippen molar-refractivity contribution in [3.8, 4) is 0 Å². The van der Waals surface area contributed by atoms with E-state index in [-0.39, 0.29) is 11.3 Å². The van der Waals surface area contributed by atoms with Crippen LogP contribution in [0.15, 0.2) is 36.4 Å². The van der Waals surface area contributed by atoms with E-state index in [9.17, 15) is 19.7 Å². The average molecular weight is 371 g/mol. The molecule has 0 saturated carbocycles. The standard InChI is InChI=1S/C19H21N3O5/c1-4-13-7-5-6-12(2)18(13)21-17(23)11-27-19(24)15-10-14(22(25)26)8-9-16(15)20-3/h5-10,20H,4,11H2,1-3H3,(H,21,23). The Bertz CT molecular complexity index is 880. The Balaban J connectivity index is 2.09. The molecule has 8 heteroatoms. The summed E-state index contributed by atoms with van der Waals surface area (Å²) in [6.45, 7) is 3.36. The Hall–Kier alpha value is -3.42. The number of hydrogen-bond donors (Lipinski definition) is 2. The minimum Gasteiger partial charge on any atom is -0.452 e. The molecule has 0 heterocycles. The lowest BCUT2D eigenvalue weighted by Crippen LogP contribution is -2.22. The lowest BCUT2D eigenvalue weighted by atomic mass is 10.1. The number of carbonyl (C=O) groups excluding carboxylic acids is 2. The Kier molecular flexibility index (Phi) is 6.48. The third-order valence-corrected chi connectivity index (χ3v) is 4.04. The van der Waals surface area contributed by atoms with Crippen LogP contribution in [0.4, 0.5) is 17.1 Å². The van der Waals surface area contributed by atoms with Crippen LogP contribution in [0.1, 0.15) is 28.4 Å². The largest absolute Gasteiger partial charge is 0.452 e. The molecule has 142 valence electrons. The number of nitro groups is 1. The van der Waals surface area contributed by atoms with Gasteiger partial charge >= 0.3 is 5.97 Å². The van der Waals surface area contributed by atoms with Crippen LogP contribution < -0.4 is 10.6 Å². The number of non-ortho nitro benzene ring substituents is 1. The Labute approximate surface area is 156 Å². The van der Waals surface area contributed by atoms with E-state index in [1.165, 1.54) is 12.1 Å². The maximum Gasteiger partial charge on any atom is 0.341 e. The van der Waals surface area contributed by atoms with Crippen LogP contribution in [0.2, 0.25) is 0 Å². The minimum atomic E-state index is -0.821. The molecule has 8 nitrogen and oxygen atoms in total. The van der Waals surface area contributed by atoms with Gasteiger partial charge in [0.2, 0.25) is 0 Å². The van der Waals surface area contributed by atoms with E-state index in [4.69, 9.17) is 4.74 Å². The zero-order valence-electron chi connectivity index (χ0n) is 15.4. The molecule has 0 aliphatic heterocycles. The van der Waals surface area contributed by atoms with Crippen molar-refractivity contribution in [2.24, 2.45) is 0 Å². The number of para-hydroxylation sites is 1. The molecule has 27 heavy (non-hydrogen) atoms. The number of rotatable bonds is 7. The molecule has 0 aliphatic carbocycles. The first-order valence-electron chi connectivity index (χ1n) is 8.39. The molecule has 0 aliphatic rings. The van der Waals surface area contributed by atoms with Crippen LogP contribution in [-0.2, 0) is 16.0 Å². The summed E-state index contributed by atoms with van der Waals surface area (Å²) in [6, 6.07) is 9.50. The lowest BCUT2D eigenvalue weighted by molar-refractivity contribution is -0.384. The number of hydrogen-bond acceptors (Lipinski definition) is 6. The number of anilines is 2. The fourth-order valence-electron chi connectivity index (χ4n) is 2.62. The van der Waals surface area contributed by atoms with Gasteiger partial charge in [0.05, 0.1) is 10.5 Å². The summed E-state index contributed by atoms with van der Waals surface area (Å²) < 4.78 is 5.04. The summed E-state index contributed by atoms with van der Waals surface area (Å²) in [5.41, 5.74) is 2.71. The zero-order chi connectivity index (χ0) is 20.0. The smallest absolute Gasteiger partial charge is 0.341 e. The molecular weight excluding hydrogens is 350 g/mol. The van der Waals surface area contributed by atoms with Crippen LogP contribution in [0, 0.1) is 17.0 Å². The van der Waals surface area contributed by atoms with E-state index < -0.39 is 23.4 Å². The molecule has 2 aromatic rings. The Morgan fingerprint density at radius 3 is 2.59 bits per heavy atom. The van der Waals surface area contributed by atoms with Gasteiger partial charge in [0.1, 0.15) is 0 Å². The maximum absolute atomic E-state index is 12.3. The van der Waals surface area contributed by atoms with Crippen LogP contribution >= 0.6 is 0 Å². The third kappa shape index (κ3) is 4.81. The minimum absolute atomic E-state index is 0.00959. The number of esters is 1. The number of benzene rings is 2. The number of nitro benzene ring substituents is 1. The van der Waals surface area contributed by atoms with Gasteiger partial charge in [0, 0.05) is 30.6 Å². The number of nitrogens with zero attached hydrogens (tertiary/aromatic N) is 1. The zero-order valence-corrected chi connectivity index (χ0v) is 15.4. The monoisotopic (exact) mass is 371 g/mol. The molecule has 2 rings (SSSR count). The second-order valence-corrected chi connectivity index (χ2v) is 5.82. The molecule has 0 radical (unpaired) electrons. The van der Waals surface area contributed by atoms with Gasteiger partial charge < -0.3 is 15.4 Å². The molecule has 0 bridgehead atoms. The third-order valence-electron chi connectivity index (χ3n) is 4.04. The van der Waals surface area contributed by atoms with Gasteiger partial charge in [-0.15, -0.1) is 0 Å². The molecular formula is C19H21N3O5. The van der Waals surface area contributed by atoms with Crippen LogP contribution in [0.5, 0.6) is 0 Å². The van der Waals surface area contributed by atoms with E-state index in [1.54, 1.807) is 7.05 Å². The number of carbonyl (C=O) groups is 2. The Morgan fingerprint density at radius 2 is 1.96 bits per heavy atom. The summed E-state index contributed by atoms with van der Waals surface area (Å²) in [4.78, 5) is 34.8. The topological polar surface area (TPSA) is 111 Å². The first-order chi connectivity index (χ1) is 12.9. The molecule has 0 fully saturated rings. The highest BCUT2D eigenvalue weighted by atomic mass is 16.6. The van der Waals surface area contributed by atoms with E-state index in [0.717, 1.165) is 23.6 Å². The fraction of sp³-hybridized carbons (Fsp3) is 0.263. The van der Waals surface area contributed by atoms with Crippen molar-refractivity contribution in [3.63, 3.8) is 0 Å². The highest BCUT2D eigenvalue weighted by Gasteiger charge is 2.19. The average Bonchev–Trinajstić information content (AvgIpc) is 2.66. The van der Waals surface area contributed by atoms with Crippen molar-refractivity contribution in [1.29, 1.82) is 0 Å². The van der Waals surface area contributed by atoms with Gasteiger partial charge in [0.15, 0.2) is 6.61 Å². The van der Waals surface area contributed by atoms with Gasteiger partial charge in [-0.25, -0.2) is 4.79 Å². The van der Waals surface area contributed by atoms with Crippen molar-refractivity contribution >= 4 is 28.9 Å². The predicted octanol–water partition coefficient (Wildman–Crippen LogP) is 3.30. The first kappa shape index (κ1) is 19.9. The van der Waals surface area contributed by atoms with E-state index >= 15 is 0 Å². The van der Waals surface area contributed by atoms with Gasteiger partial charge in [-0.1, -0.05) is 25.1 Å². The van der Waals surface area contributed by atoms with E-state index in [2.05, 4.69) is 10.6 Å². The van der Waals surface area contributed by atoms with Gasteiger partial charge in [0.25, 0.3) is 11.6 Å². The van der Waals surface area contributed by atoms with Crippen molar-refractivity contribution < 1.29 is 19.2 Å². The second-order valence-electron chi connectivity index (χ2n) is 5.82. The first-order valence-corrected chi connectivity index (χ1v) is 8.39. The summed E-state index contributed by atoms with van der Waals surface area (Å²) >= 11 is 0. The maximum atomic E-state index is 12.3. The van der Waals surface area contributed by atoms with Gasteiger partial charge in [-0.2, -0.15) is 0 Å². The lowest BCUT2D eigenvalue weighted by Gasteiger charge is -2.13. The van der Waals surface area contributed by atoms with Crippen LogP contribution in [0.3, 0.4) is 0 Å². The highest BCUT2D eigenvalue weighted by Crippen LogP contribution is 2.23. The molecule has 0 saturated heterocycles. The van der Waals surface area contributed by atoms with Crippen molar-refractivity contribution in [1.82, 2.24) is 0 Å². The molecule has 1 amide bonds. The fourth-order valence-corrected chi connectivity index (χ4v) is 2.62. The summed E-state index contributed by atoms with van der Waals surface area (Å²) in [6.07, 6.45) is 0.746. The number of ether oxygens (including phenoxy) is 1. The molecule has 2 N–H and O–H groups in total. The molecule has 0 aromatic heterocycles. The van der Waals surface area contributed by atoms with Gasteiger partial charge in [-0.3, -0.25) is 14.9 Å². The Morgan fingerprint density at radius 1 is 1.22 bits per heavy atom. The quantitative estimate of drug-likeness (QED) is 0.439. The molecule has 2 aromatic carbocycles. The summed E-state index contributed by atoms with van der Waals surface area (Å²) in [5.74, 6) is -1.30. The molecule has 0 spiro atoms. The summed E-state index contributed by atoms with van der Waals surface area (Å²) in [5, 5.41) is 16.4. The normalized spacial score (nSPS) is 10.2. The molecule has 0 atom stereocenters. The van der Waals surface area contributed by atoms with E-state index in [1.807, 2.05) is 32.0 Å². The van der Waals surface area contributed by atoms with E-state index in [0.29, 0.717) is 11.4 Å². The van der Waals surface area contributed by atoms with Crippen molar-refractivity contribution in [3.05, 3.63) is 63.2 Å². The predicted molar refractivity (Wildman–Crippen MR) is 102 cm³/mol. The van der Waals surface area contributed by atoms with Crippen molar-refractivity contribution in [2.75, 3.05) is 24.3 Å². The van der Waals surface area contributed by atoms with Gasteiger partial charge in [-0.05, 0) is 30.5 Å². The SMILES string of the molecule is CCc1cccc(C)c1NC(=O)COC(=O)c1cc([N+](=O)[O-])ccc1NC.